The topological polar surface area (TPSA) is 38.2 Å². The minimum Gasteiger partial charge on any atom is -0.463 e. The number of hydrogen-bond donors (Lipinski definition) is 0. The molecule has 0 aliphatic rings. The highest BCUT2D eigenvalue weighted by atomic mass is 19.4. The van der Waals surface area contributed by atoms with Gasteiger partial charge in [-0.05, 0) is 24.5 Å². The molecule has 0 radical (unpaired) electrons. The van der Waals surface area contributed by atoms with Crippen LogP contribution in [0.1, 0.15) is 37.8 Å². The number of ether oxygens (including phenoxy) is 1. The van der Waals surface area contributed by atoms with Gasteiger partial charge >= 0.3 is 12.2 Å². The number of hydrogen-bond acceptors (Lipinski definition) is 4. The highest BCUT2D eigenvalue weighted by Crippen LogP contribution is 2.38. The van der Waals surface area contributed by atoms with Crippen molar-refractivity contribution < 1.29 is 17.9 Å². The summed E-state index contributed by atoms with van der Waals surface area (Å²) >= 11 is 0. The molecule has 2 aromatic rings. The standard InChI is InChI=1S/C18H22F3N3O/c1-4-6-11-25-17-22-12-14(18(19,20)21)16(23-17)24(3)15-10-8-7-9-13(15)5-2/h7-10,12H,4-6,11H2,1-3H3. The van der Waals surface area contributed by atoms with Crippen LogP contribution in [0.2, 0.25) is 0 Å². The summed E-state index contributed by atoms with van der Waals surface area (Å²) in [5.74, 6) is -0.213. The van der Waals surface area contributed by atoms with E-state index >= 15 is 0 Å². The van der Waals surface area contributed by atoms with Gasteiger partial charge in [-0.2, -0.15) is 18.2 Å². The normalized spacial score (nSPS) is 11.4. The van der Waals surface area contributed by atoms with E-state index in [4.69, 9.17) is 4.74 Å². The fraction of sp³-hybridized carbons (Fsp3) is 0.444. The molecule has 4 nitrogen and oxygen atoms in total. The third-order valence-corrected chi connectivity index (χ3v) is 3.83. The molecule has 136 valence electrons. The molecular weight excluding hydrogens is 331 g/mol. The number of aryl methyl sites for hydroxylation is 1. The molecule has 2 rings (SSSR count). The number of para-hydroxylation sites is 1. The molecule has 1 aromatic carbocycles. The van der Waals surface area contributed by atoms with Crippen LogP contribution in [-0.2, 0) is 12.6 Å². The van der Waals surface area contributed by atoms with Crippen molar-refractivity contribution in [1.29, 1.82) is 0 Å². The Bertz CT molecular complexity index is 704. The Hall–Kier alpha value is -2.31. The zero-order chi connectivity index (χ0) is 18.4. The van der Waals surface area contributed by atoms with E-state index in [9.17, 15) is 13.2 Å². The predicted octanol–water partition coefficient (Wildman–Crippen LogP) is 5.00. The lowest BCUT2D eigenvalue weighted by molar-refractivity contribution is -0.137. The van der Waals surface area contributed by atoms with Crippen molar-refractivity contribution in [1.82, 2.24) is 9.97 Å². The Morgan fingerprint density at radius 1 is 1.16 bits per heavy atom. The van der Waals surface area contributed by atoms with E-state index in [1.165, 1.54) is 4.90 Å². The third kappa shape index (κ3) is 4.61. The number of nitrogens with zero attached hydrogens (tertiary/aromatic N) is 3. The summed E-state index contributed by atoms with van der Waals surface area (Å²) in [5, 5.41) is 0. The first-order valence-corrected chi connectivity index (χ1v) is 8.27. The van der Waals surface area contributed by atoms with Gasteiger partial charge in [0, 0.05) is 18.9 Å². The zero-order valence-corrected chi connectivity index (χ0v) is 14.6. The Labute approximate surface area is 145 Å². The van der Waals surface area contributed by atoms with E-state index in [-0.39, 0.29) is 11.8 Å². The largest absolute Gasteiger partial charge is 0.463 e. The van der Waals surface area contributed by atoms with Crippen molar-refractivity contribution in [2.75, 3.05) is 18.6 Å². The summed E-state index contributed by atoms with van der Waals surface area (Å²) < 4.78 is 45.6. The maximum atomic E-state index is 13.4. The lowest BCUT2D eigenvalue weighted by atomic mass is 10.1. The lowest BCUT2D eigenvalue weighted by Crippen LogP contribution is -2.20. The van der Waals surface area contributed by atoms with Crippen LogP contribution < -0.4 is 9.64 Å². The molecule has 0 unspecified atom stereocenters. The summed E-state index contributed by atoms with van der Waals surface area (Å²) in [6.07, 6.45) is -1.36. The van der Waals surface area contributed by atoms with Crippen molar-refractivity contribution in [3.8, 4) is 6.01 Å². The van der Waals surface area contributed by atoms with E-state index in [1.54, 1.807) is 19.2 Å². The molecule has 0 atom stereocenters. The summed E-state index contributed by atoms with van der Waals surface area (Å²) in [7, 11) is 1.57. The first-order valence-electron chi connectivity index (χ1n) is 8.27. The van der Waals surface area contributed by atoms with Gasteiger partial charge in [-0.25, -0.2) is 4.98 Å². The molecule has 25 heavy (non-hydrogen) atoms. The van der Waals surface area contributed by atoms with Crippen molar-refractivity contribution in [3.05, 3.63) is 41.6 Å². The number of rotatable bonds is 7. The monoisotopic (exact) mass is 353 g/mol. The van der Waals surface area contributed by atoms with Gasteiger partial charge in [0.25, 0.3) is 0 Å². The summed E-state index contributed by atoms with van der Waals surface area (Å²) in [6, 6.07) is 7.27. The molecule has 0 fully saturated rings. The Morgan fingerprint density at radius 3 is 2.52 bits per heavy atom. The van der Waals surface area contributed by atoms with Crippen LogP contribution in [0.5, 0.6) is 6.01 Å². The van der Waals surface area contributed by atoms with Gasteiger partial charge in [0.2, 0.25) is 0 Å². The van der Waals surface area contributed by atoms with Gasteiger partial charge in [-0.1, -0.05) is 38.5 Å². The van der Waals surface area contributed by atoms with E-state index in [1.807, 2.05) is 26.0 Å². The molecule has 0 saturated heterocycles. The summed E-state index contributed by atoms with van der Waals surface area (Å²) in [6.45, 7) is 4.32. The highest BCUT2D eigenvalue weighted by Gasteiger charge is 2.37. The van der Waals surface area contributed by atoms with Crippen LogP contribution in [0.15, 0.2) is 30.5 Å². The van der Waals surface area contributed by atoms with Crippen LogP contribution >= 0.6 is 0 Å². The highest BCUT2D eigenvalue weighted by molar-refractivity contribution is 5.66. The van der Waals surface area contributed by atoms with Crippen LogP contribution in [0.25, 0.3) is 0 Å². The van der Waals surface area contributed by atoms with Crippen LogP contribution in [0.3, 0.4) is 0 Å². The molecule has 0 saturated carbocycles. The second kappa shape index (κ2) is 8.18. The molecule has 0 spiro atoms. The predicted molar refractivity (Wildman–Crippen MR) is 91.3 cm³/mol. The van der Waals surface area contributed by atoms with Gasteiger partial charge in [0.1, 0.15) is 5.56 Å². The molecule has 0 N–H and O–H groups in total. The quantitative estimate of drug-likeness (QED) is 0.656. The van der Waals surface area contributed by atoms with Crippen molar-refractivity contribution >= 4 is 11.5 Å². The van der Waals surface area contributed by atoms with Gasteiger partial charge in [-0.15, -0.1) is 0 Å². The minimum atomic E-state index is -4.55. The van der Waals surface area contributed by atoms with Crippen LogP contribution in [0, 0.1) is 0 Å². The molecule has 1 heterocycles. The first kappa shape index (κ1) is 19.0. The fourth-order valence-corrected chi connectivity index (χ4v) is 2.44. The number of halogens is 3. The second-order valence-corrected chi connectivity index (χ2v) is 5.63. The fourth-order valence-electron chi connectivity index (χ4n) is 2.44. The second-order valence-electron chi connectivity index (χ2n) is 5.63. The number of unbranched alkanes of at least 4 members (excludes halogenated alkanes) is 1. The number of alkyl halides is 3. The molecular formula is C18H22F3N3O. The van der Waals surface area contributed by atoms with E-state index in [0.717, 1.165) is 24.6 Å². The molecule has 0 aliphatic carbocycles. The SMILES string of the molecule is CCCCOc1ncc(C(F)(F)F)c(N(C)c2ccccc2CC)n1. The molecule has 0 amide bonds. The third-order valence-electron chi connectivity index (χ3n) is 3.83. The van der Waals surface area contributed by atoms with Crippen LogP contribution in [0.4, 0.5) is 24.7 Å². The summed E-state index contributed by atoms with van der Waals surface area (Å²) in [5.41, 5.74) is 0.725. The molecule has 0 aliphatic heterocycles. The van der Waals surface area contributed by atoms with Crippen molar-refractivity contribution in [3.63, 3.8) is 0 Å². The maximum absolute atomic E-state index is 13.4. The molecule has 7 heteroatoms. The molecule has 1 aromatic heterocycles. The number of aromatic nitrogens is 2. The van der Waals surface area contributed by atoms with Crippen molar-refractivity contribution in [2.45, 2.75) is 39.3 Å². The van der Waals surface area contributed by atoms with Gasteiger partial charge in [0.05, 0.1) is 6.61 Å². The van der Waals surface area contributed by atoms with Crippen LogP contribution in [-0.4, -0.2) is 23.6 Å². The van der Waals surface area contributed by atoms with E-state index in [0.29, 0.717) is 18.7 Å². The first-order chi connectivity index (χ1) is 11.9. The minimum absolute atomic E-state index is 0.0442. The Balaban J connectivity index is 2.46. The van der Waals surface area contributed by atoms with Crippen molar-refractivity contribution in [2.24, 2.45) is 0 Å². The van der Waals surface area contributed by atoms with Gasteiger partial charge in [0.15, 0.2) is 5.82 Å². The average Bonchev–Trinajstić information content (AvgIpc) is 2.60. The Morgan fingerprint density at radius 2 is 1.88 bits per heavy atom. The van der Waals surface area contributed by atoms with E-state index < -0.39 is 11.7 Å². The summed E-state index contributed by atoms with van der Waals surface area (Å²) in [4.78, 5) is 9.19. The average molecular weight is 353 g/mol. The van der Waals surface area contributed by atoms with Gasteiger partial charge < -0.3 is 9.64 Å². The Kier molecular flexibility index (Phi) is 6.22. The number of anilines is 2. The number of benzene rings is 1. The maximum Gasteiger partial charge on any atom is 0.421 e. The smallest absolute Gasteiger partial charge is 0.421 e. The zero-order valence-electron chi connectivity index (χ0n) is 14.6. The molecule has 0 bridgehead atoms. The van der Waals surface area contributed by atoms with Gasteiger partial charge in [-0.3, -0.25) is 0 Å². The van der Waals surface area contributed by atoms with E-state index in [2.05, 4.69) is 9.97 Å². The lowest BCUT2D eigenvalue weighted by Gasteiger charge is -2.24.